The lowest BCUT2D eigenvalue weighted by Crippen LogP contribution is -2.45. The first-order valence-corrected chi connectivity index (χ1v) is 5.79. The SMILES string of the molecule is CCOC(=O)CC[C@H](NC(=O)CNC(C)=O)C(=O)O. The van der Waals surface area contributed by atoms with E-state index in [0.29, 0.717) is 0 Å². The van der Waals surface area contributed by atoms with Crippen LogP contribution < -0.4 is 10.6 Å². The number of hydrogen-bond donors (Lipinski definition) is 3. The molecule has 0 aromatic heterocycles. The highest BCUT2D eigenvalue weighted by molar-refractivity contribution is 5.87. The lowest BCUT2D eigenvalue weighted by molar-refractivity contribution is -0.145. The first-order chi connectivity index (χ1) is 8.86. The van der Waals surface area contributed by atoms with Crippen LogP contribution in [-0.4, -0.2) is 48.1 Å². The lowest BCUT2D eigenvalue weighted by Gasteiger charge is -2.14. The van der Waals surface area contributed by atoms with Gasteiger partial charge in [0.15, 0.2) is 0 Å². The van der Waals surface area contributed by atoms with Gasteiger partial charge < -0.3 is 20.5 Å². The molecule has 0 aromatic rings. The Labute approximate surface area is 110 Å². The number of aliphatic carboxylic acids is 1. The molecule has 0 unspecified atom stereocenters. The van der Waals surface area contributed by atoms with Crippen molar-refractivity contribution >= 4 is 23.8 Å². The Hall–Kier alpha value is -2.12. The summed E-state index contributed by atoms with van der Waals surface area (Å²) in [7, 11) is 0. The summed E-state index contributed by atoms with van der Waals surface area (Å²) in [4.78, 5) is 43.9. The Balaban J connectivity index is 4.18. The largest absolute Gasteiger partial charge is 0.480 e. The van der Waals surface area contributed by atoms with Crippen molar-refractivity contribution in [2.24, 2.45) is 0 Å². The number of carboxylic acid groups (broad SMARTS) is 1. The van der Waals surface area contributed by atoms with E-state index in [1.165, 1.54) is 6.92 Å². The summed E-state index contributed by atoms with van der Waals surface area (Å²) in [6, 6.07) is -1.19. The van der Waals surface area contributed by atoms with Gasteiger partial charge in [-0.2, -0.15) is 0 Å². The number of carbonyl (C=O) groups excluding carboxylic acids is 3. The fourth-order valence-corrected chi connectivity index (χ4v) is 1.20. The normalized spacial score (nSPS) is 11.3. The molecule has 108 valence electrons. The second kappa shape index (κ2) is 8.90. The van der Waals surface area contributed by atoms with Crippen molar-refractivity contribution < 1.29 is 29.0 Å². The molecule has 1 atom stereocenters. The van der Waals surface area contributed by atoms with Gasteiger partial charge in [0, 0.05) is 13.3 Å². The standard InChI is InChI=1S/C11H18N2O6/c1-3-19-10(16)5-4-8(11(17)18)13-9(15)6-12-7(2)14/h8H,3-6H2,1-2H3,(H,12,14)(H,13,15)(H,17,18)/t8-/m0/s1. The van der Waals surface area contributed by atoms with Crippen LogP contribution in [0, 0.1) is 0 Å². The predicted octanol–water partition coefficient (Wildman–Crippen LogP) is -0.965. The highest BCUT2D eigenvalue weighted by Crippen LogP contribution is 2.00. The smallest absolute Gasteiger partial charge is 0.326 e. The fourth-order valence-electron chi connectivity index (χ4n) is 1.20. The quantitative estimate of drug-likeness (QED) is 0.490. The second-order valence-electron chi connectivity index (χ2n) is 3.71. The van der Waals surface area contributed by atoms with Crippen LogP contribution in [-0.2, 0) is 23.9 Å². The van der Waals surface area contributed by atoms with E-state index in [0.717, 1.165) is 0 Å². The molecule has 0 fully saturated rings. The average Bonchev–Trinajstić information content (AvgIpc) is 2.31. The van der Waals surface area contributed by atoms with E-state index in [9.17, 15) is 19.2 Å². The van der Waals surface area contributed by atoms with Gasteiger partial charge in [0.05, 0.1) is 13.2 Å². The second-order valence-corrected chi connectivity index (χ2v) is 3.71. The molecular weight excluding hydrogens is 256 g/mol. The summed E-state index contributed by atoms with van der Waals surface area (Å²) in [5.74, 6) is -2.80. The Morgan fingerprint density at radius 2 is 1.89 bits per heavy atom. The van der Waals surface area contributed by atoms with Crippen molar-refractivity contribution in [3.05, 3.63) is 0 Å². The predicted molar refractivity (Wildman–Crippen MR) is 64.1 cm³/mol. The maximum atomic E-state index is 11.3. The van der Waals surface area contributed by atoms with Crippen LogP contribution >= 0.6 is 0 Å². The van der Waals surface area contributed by atoms with E-state index in [1.807, 2.05) is 0 Å². The molecule has 0 aliphatic carbocycles. The first kappa shape index (κ1) is 16.9. The summed E-state index contributed by atoms with van der Waals surface area (Å²) in [5.41, 5.74) is 0. The molecule has 0 aromatic carbocycles. The zero-order valence-electron chi connectivity index (χ0n) is 10.9. The van der Waals surface area contributed by atoms with Gasteiger partial charge in [0.2, 0.25) is 11.8 Å². The van der Waals surface area contributed by atoms with Crippen LogP contribution in [0.5, 0.6) is 0 Å². The van der Waals surface area contributed by atoms with E-state index < -0.39 is 29.8 Å². The molecule has 0 rings (SSSR count). The molecule has 0 spiro atoms. The third-order valence-corrected chi connectivity index (χ3v) is 2.07. The Bertz CT molecular complexity index is 355. The molecule has 0 bridgehead atoms. The van der Waals surface area contributed by atoms with E-state index >= 15 is 0 Å². The molecule has 8 nitrogen and oxygen atoms in total. The molecule has 0 saturated heterocycles. The van der Waals surface area contributed by atoms with Crippen molar-refractivity contribution in [3.8, 4) is 0 Å². The molecule has 2 amide bonds. The van der Waals surface area contributed by atoms with Crippen LogP contribution in [0.4, 0.5) is 0 Å². The Morgan fingerprint density at radius 1 is 1.26 bits per heavy atom. The summed E-state index contributed by atoms with van der Waals surface area (Å²) >= 11 is 0. The molecule has 0 saturated carbocycles. The zero-order chi connectivity index (χ0) is 14.8. The molecule has 3 N–H and O–H groups in total. The zero-order valence-corrected chi connectivity index (χ0v) is 10.9. The van der Waals surface area contributed by atoms with Crippen molar-refractivity contribution in [2.75, 3.05) is 13.2 Å². The molecule has 8 heteroatoms. The van der Waals surface area contributed by atoms with E-state index in [-0.39, 0.29) is 26.0 Å². The number of amides is 2. The van der Waals surface area contributed by atoms with E-state index in [4.69, 9.17) is 5.11 Å². The minimum atomic E-state index is -1.25. The minimum absolute atomic E-state index is 0.0695. The van der Waals surface area contributed by atoms with Crippen molar-refractivity contribution in [1.82, 2.24) is 10.6 Å². The third kappa shape index (κ3) is 8.58. The topological polar surface area (TPSA) is 122 Å². The molecule has 0 radical (unpaired) electrons. The van der Waals surface area contributed by atoms with Gasteiger partial charge in [0.1, 0.15) is 6.04 Å². The van der Waals surface area contributed by atoms with Gasteiger partial charge >= 0.3 is 11.9 Å². The van der Waals surface area contributed by atoms with Gasteiger partial charge in [-0.15, -0.1) is 0 Å². The monoisotopic (exact) mass is 274 g/mol. The van der Waals surface area contributed by atoms with Crippen molar-refractivity contribution in [1.29, 1.82) is 0 Å². The minimum Gasteiger partial charge on any atom is -0.480 e. The Kier molecular flexibility index (Phi) is 7.90. The third-order valence-electron chi connectivity index (χ3n) is 2.07. The van der Waals surface area contributed by atoms with Crippen LogP contribution in [0.1, 0.15) is 26.7 Å². The molecule has 0 heterocycles. The summed E-state index contributed by atoms with van der Waals surface area (Å²) < 4.78 is 4.65. The van der Waals surface area contributed by atoms with Gasteiger partial charge in [0.25, 0.3) is 0 Å². The number of ether oxygens (including phenoxy) is 1. The summed E-state index contributed by atoms with van der Waals surface area (Å²) in [5, 5.41) is 13.3. The number of rotatable bonds is 8. The van der Waals surface area contributed by atoms with Crippen LogP contribution in [0.25, 0.3) is 0 Å². The average molecular weight is 274 g/mol. The van der Waals surface area contributed by atoms with Crippen LogP contribution in [0.15, 0.2) is 0 Å². The van der Waals surface area contributed by atoms with Crippen LogP contribution in [0.2, 0.25) is 0 Å². The first-order valence-electron chi connectivity index (χ1n) is 5.79. The number of carbonyl (C=O) groups is 4. The lowest BCUT2D eigenvalue weighted by atomic mass is 10.1. The van der Waals surface area contributed by atoms with Crippen LogP contribution in [0.3, 0.4) is 0 Å². The van der Waals surface area contributed by atoms with E-state index in [1.54, 1.807) is 6.92 Å². The maximum Gasteiger partial charge on any atom is 0.326 e. The van der Waals surface area contributed by atoms with Crippen molar-refractivity contribution in [3.63, 3.8) is 0 Å². The molecular formula is C11H18N2O6. The van der Waals surface area contributed by atoms with Gasteiger partial charge in [-0.3, -0.25) is 14.4 Å². The summed E-state index contributed by atoms with van der Waals surface area (Å²) in [6.07, 6.45) is -0.175. The van der Waals surface area contributed by atoms with E-state index in [2.05, 4.69) is 15.4 Å². The highest BCUT2D eigenvalue weighted by atomic mass is 16.5. The van der Waals surface area contributed by atoms with Crippen molar-refractivity contribution in [2.45, 2.75) is 32.7 Å². The number of carboxylic acids is 1. The number of esters is 1. The molecule has 0 aliphatic rings. The number of hydrogen-bond acceptors (Lipinski definition) is 5. The molecule has 0 aliphatic heterocycles. The fraction of sp³-hybridized carbons (Fsp3) is 0.636. The maximum absolute atomic E-state index is 11.3. The highest BCUT2D eigenvalue weighted by Gasteiger charge is 2.21. The molecule has 19 heavy (non-hydrogen) atoms. The van der Waals surface area contributed by atoms with Gasteiger partial charge in [-0.25, -0.2) is 4.79 Å². The number of nitrogens with one attached hydrogen (secondary N) is 2. The Morgan fingerprint density at radius 3 is 2.37 bits per heavy atom. The summed E-state index contributed by atoms with van der Waals surface area (Å²) in [6.45, 7) is 2.79. The van der Waals surface area contributed by atoms with Gasteiger partial charge in [-0.1, -0.05) is 0 Å². The van der Waals surface area contributed by atoms with Gasteiger partial charge in [-0.05, 0) is 13.3 Å².